The Kier molecular flexibility index (Phi) is 6.63. The van der Waals surface area contributed by atoms with Gasteiger partial charge in [-0.15, -0.1) is 0 Å². The number of carbonyl (C=O) groups is 1. The average molecular weight is 336 g/mol. The van der Waals surface area contributed by atoms with E-state index in [0.717, 1.165) is 16.8 Å². The second kappa shape index (κ2) is 9.38. The van der Waals surface area contributed by atoms with Crippen LogP contribution in [0.3, 0.4) is 0 Å². The van der Waals surface area contributed by atoms with Crippen LogP contribution in [-0.2, 0) is 4.79 Å². The maximum absolute atomic E-state index is 12.4. The first-order chi connectivity index (χ1) is 12.3. The van der Waals surface area contributed by atoms with Gasteiger partial charge < -0.3 is 10.6 Å². The van der Waals surface area contributed by atoms with E-state index in [4.69, 9.17) is 0 Å². The molecule has 1 fully saturated rings. The summed E-state index contributed by atoms with van der Waals surface area (Å²) in [5.41, 5.74) is 3.05. The van der Waals surface area contributed by atoms with Crippen LogP contribution in [0, 0.1) is 0 Å². The Bertz CT molecular complexity index is 661. The number of rotatable bonds is 5. The van der Waals surface area contributed by atoms with Gasteiger partial charge in [-0.2, -0.15) is 0 Å². The van der Waals surface area contributed by atoms with E-state index in [2.05, 4.69) is 22.8 Å². The number of anilines is 1. The maximum atomic E-state index is 12.4. The smallest absolute Gasteiger partial charge is 0.238 e. The zero-order chi connectivity index (χ0) is 17.3. The fraction of sp³-hybridized carbons (Fsp3) is 0.409. The van der Waals surface area contributed by atoms with Gasteiger partial charge in [0, 0.05) is 17.3 Å². The lowest BCUT2D eigenvalue weighted by Crippen LogP contribution is -2.36. The molecule has 2 aromatic carbocycles. The van der Waals surface area contributed by atoms with Crippen LogP contribution in [0.4, 0.5) is 5.69 Å². The third-order valence-electron chi connectivity index (χ3n) is 4.94. The van der Waals surface area contributed by atoms with E-state index in [1.54, 1.807) is 0 Å². The van der Waals surface area contributed by atoms with Crippen LogP contribution >= 0.6 is 0 Å². The summed E-state index contributed by atoms with van der Waals surface area (Å²) < 4.78 is 0. The quantitative estimate of drug-likeness (QED) is 0.807. The van der Waals surface area contributed by atoms with Gasteiger partial charge in [0.1, 0.15) is 0 Å². The first kappa shape index (κ1) is 17.7. The number of hydrogen-bond donors (Lipinski definition) is 2. The van der Waals surface area contributed by atoms with Crippen LogP contribution in [0.25, 0.3) is 11.1 Å². The van der Waals surface area contributed by atoms with Gasteiger partial charge >= 0.3 is 0 Å². The predicted molar refractivity (Wildman–Crippen MR) is 105 cm³/mol. The Balaban J connectivity index is 1.58. The summed E-state index contributed by atoms with van der Waals surface area (Å²) in [5, 5.41) is 6.53. The number of carbonyl (C=O) groups excluding carboxylic acids is 1. The van der Waals surface area contributed by atoms with E-state index in [9.17, 15) is 4.79 Å². The molecular formula is C22H28N2O. The van der Waals surface area contributed by atoms with E-state index in [-0.39, 0.29) is 5.91 Å². The van der Waals surface area contributed by atoms with Crippen LogP contribution in [0.2, 0.25) is 0 Å². The summed E-state index contributed by atoms with van der Waals surface area (Å²) in [6, 6.07) is 18.6. The SMILES string of the molecule is O=C(CNC1CCCCCCC1)Nc1ccccc1-c1ccccc1. The lowest BCUT2D eigenvalue weighted by atomic mass is 9.97. The van der Waals surface area contributed by atoms with Crippen molar-refractivity contribution in [3.05, 3.63) is 54.6 Å². The van der Waals surface area contributed by atoms with Crippen molar-refractivity contribution in [1.29, 1.82) is 0 Å². The van der Waals surface area contributed by atoms with Gasteiger partial charge in [-0.05, 0) is 24.5 Å². The van der Waals surface area contributed by atoms with Gasteiger partial charge in [0.15, 0.2) is 0 Å². The lowest BCUT2D eigenvalue weighted by molar-refractivity contribution is -0.115. The molecule has 0 aliphatic heterocycles. The highest BCUT2D eigenvalue weighted by Gasteiger charge is 2.13. The molecule has 25 heavy (non-hydrogen) atoms. The summed E-state index contributed by atoms with van der Waals surface area (Å²) in [6.07, 6.45) is 8.95. The van der Waals surface area contributed by atoms with E-state index in [1.807, 2.05) is 42.5 Å². The third kappa shape index (κ3) is 5.43. The van der Waals surface area contributed by atoms with Crippen molar-refractivity contribution in [3.63, 3.8) is 0 Å². The van der Waals surface area contributed by atoms with Crippen LogP contribution in [0.5, 0.6) is 0 Å². The highest BCUT2D eigenvalue weighted by atomic mass is 16.1. The van der Waals surface area contributed by atoms with Gasteiger partial charge in [0.2, 0.25) is 5.91 Å². The van der Waals surface area contributed by atoms with E-state index in [0.29, 0.717) is 12.6 Å². The molecule has 3 rings (SSSR count). The highest BCUT2D eigenvalue weighted by Crippen LogP contribution is 2.27. The fourth-order valence-electron chi connectivity index (χ4n) is 3.55. The second-order valence-electron chi connectivity index (χ2n) is 6.88. The van der Waals surface area contributed by atoms with Gasteiger partial charge in [-0.1, -0.05) is 80.6 Å². The number of hydrogen-bond acceptors (Lipinski definition) is 2. The molecule has 0 bridgehead atoms. The molecule has 0 radical (unpaired) electrons. The summed E-state index contributed by atoms with van der Waals surface area (Å²) in [4.78, 5) is 12.4. The monoisotopic (exact) mass is 336 g/mol. The molecule has 0 spiro atoms. The molecule has 132 valence electrons. The molecule has 0 atom stereocenters. The van der Waals surface area contributed by atoms with Crippen LogP contribution < -0.4 is 10.6 Å². The van der Waals surface area contributed by atoms with Gasteiger partial charge in [-0.25, -0.2) is 0 Å². The Morgan fingerprint density at radius 2 is 1.48 bits per heavy atom. The Morgan fingerprint density at radius 3 is 2.24 bits per heavy atom. The number of para-hydroxylation sites is 1. The van der Waals surface area contributed by atoms with Crippen LogP contribution in [0.15, 0.2) is 54.6 Å². The largest absolute Gasteiger partial charge is 0.324 e. The van der Waals surface area contributed by atoms with Crippen molar-refractivity contribution in [2.75, 3.05) is 11.9 Å². The minimum Gasteiger partial charge on any atom is -0.324 e. The molecule has 1 aliphatic rings. The topological polar surface area (TPSA) is 41.1 Å². The Hall–Kier alpha value is -2.13. The minimum absolute atomic E-state index is 0.0328. The number of nitrogens with one attached hydrogen (secondary N) is 2. The summed E-state index contributed by atoms with van der Waals surface area (Å²) in [5.74, 6) is 0.0328. The molecular weight excluding hydrogens is 308 g/mol. The standard InChI is InChI=1S/C22H28N2O/c25-22(17-23-19-13-7-2-1-3-8-14-19)24-21-16-10-9-15-20(21)18-11-5-4-6-12-18/h4-6,9-12,15-16,19,23H,1-3,7-8,13-14,17H2,(H,24,25). The molecule has 0 heterocycles. The van der Waals surface area contributed by atoms with Crippen LogP contribution in [-0.4, -0.2) is 18.5 Å². The molecule has 3 nitrogen and oxygen atoms in total. The van der Waals surface area contributed by atoms with Crippen molar-refractivity contribution < 1.29 is 4.79 Å². The number of benzene rings is 2. The van der Waals surface area contributed by atoms with Crippen LogP contribution in [0.1, 0.15) is 44.9 Å². The molecule has 0 saturated heterocycles. The van der Waals surface area contributed by atoms with Crippen molar-refractivity contribution in [3.8, 4) is 11.1 Å². The summed E-state index contributed by atoms with van der Waals surface area (Å²) >= 11 is 0. The van der Waals surface area contributed by atoms with Gasteiger partial charge in [0.05, 0.1) is 6.54 Å². The highest BCUT2D eigenvalue weighted by molar-refractivity contribution is 5.96. The molecule has 2 aromatic rings. The molecule has 1 amide bonds. The molecule has 2 N–H and O–H groups in total. The summed E-state index contributed by atoms with van der Waals surface area (Å²) in [6.45, 7) is 0.383. The van der Waals surface area contributed by atoms with Crippen molar-refractivity contribution in [1.82, 2.24) is 5.32 Å². The molecule has 0 unspecified atom stereocenters. The Labute approximate surface area is 150 Å². The second-order valence-corrected chi connectivity index (χ2v) is 6.88. The Morgan fingerprint density at radius 1 is 0.840 bits per heavy atom. The van der Waals surface area contributed by atoms with Gasteiger partial charge in [-0.3, -0.25) is 4.79 Å². The first-order valence-electron chi connectivity index (χ1n) is 9.50. The van der Waals surface area contributed by atoms with Crippen molar-refractivity contribution in [2.24, 2.45) is 0 Å². The summed E-state index contributed by atoms with van der Waals surface area (Å²) in [7, 11) is 0. The number of amides is 1. The fourth-order valence-corrected chi connectivity index (χ4v) is 3.55. The zero-order valence-electron chi connectivity index (χ0n) is 14.8. The molecule has 1 saturated carbocycles. The predicted octanol–water partition coefficient (Wildman–Crippen LogP) is 4.99. The zero-order valence-corrected chi connectivity index (χ0v) is 14.8. The normalized spacial score (nSPS) is 16.0. The first-order valence-corrected chi connectivity index (χ1v) is 9.50. The van der Waals surface area contributed by atoms with E-state index < -0.39 is 0 Å². The maximum Gasteiger partial charge on any atom is 0.238 e. The third-order valence-corrected chi connectivity index (χ3v) is 4.94. The molecule has 0 aromatic heterocycles. The average Bonchev–Trinajstić information content (AvgIpc) is 2.62. The van der Waals surface area contributed by atoms with E-state index in [1.165, 1.54) is 44.9 Å². The molecule has 3 heteroatoms. The van der Waals surface area contributed by atoms with Crippen molar-refractivity contribution >= 4 is 11.6 Å². The lowest BCUT2D eigenvalue weighted by Gasteiger charge is -2.21. The van der Waals surface area contributed by atoms with Gasteiger partial charge in [0.25, 0.3) is 0 Å². The molecule has 1 aliphatic carbocycles. The minimum atomic E-state index is 0.0328. The van der Waals surface area contributed by atoms with E-state index >= 15 is 0 Å². The van der Waals surface area contributed by atoms with Crippen molar-refractivity contribution in [2.45, 2.75) is 51.0 Å².